The van der Waals surface area contributed by atoms with Gasteiger partial charge in [-0.05, 0) is 18.6 Å². The van der Waals surface area contributed by atoms with Gasteiger partial charge in [-0.1, -0.05) is 36.9 Å². The van der Waals surface area contributed by atoms with Gasteiger partial charge in [0.1, 0.15) is 5.82 Å². The summed E-state index contributed by atoms with van der Waals surface area (Å²) in [6.45, 7) is 9.60. The van der Waals surface area contributed by atoms with Gasteiger partial charge in [-0.25, -0.2) is 9.67 Å². The van der Waals surface area contributed by atoms with E-state index in [2.05, 4.69) is 40.2 Å². The maximum Gasteiger partial charge on any atom is 0.254 e. The number of imidazole rings is 1. The molecule has 8 nitrogen and oxygen atoms in total. The van der Waals surface area contributed by atoms with E-state index < -0.39 is 0 Å². The van der Waals surface area contributed by atoms with E-state index in [1.165, 1.54) is 0 Å². The van der Waals surface area contributed by atoms with Crippen molar-refractivity contribution in [3.05, 3.63) is 55.1 Å². The Labute approximate surface area is 174 Å². The molecule has 0 atom stereocenters. The van der Waals surface area contributed by atoms with Gasteiger partial charge < -0.3 is 14.2 Å². The average molecular weight is 401 g/mol. The van der Waals surface area contributed by atoms with Crippen molar-refractivity contribution in [2.45, 2.75) is 13.5 Å². The van der Waals surface area contributed by atoms with Gasteiger partial charge in [0.15, 0.2) is 17.0 Å². The lowest BCUT2D eigenvalue weighted by Gasteiger charge is -2.28. The Morgan fingerprint density at radius 1 is 1.07 bits per heavy atom. The molecule has 8 heteroatoms. The van der Waals surface area contributed by atoms with Crippen LogP contribution in [0.25, 0.3) is 34.3 Å². The van der Waals surface area contributed by atoms with E-state index in [-0.39, 0.29) is 0 Å². The summed E-state index contributed by atoms with van der Waals surface area (Å²) >= 11 is 0. The second-order valence-corrected chi connectivity index (χ2v) is 7.08. The van der Waals surface area contributed by atoms with Gasteiger partial charge in [-0.2, -0.15) is 15.1 Å². The highest BCUT2D eigenvalue weighted by molar-refractivity contribution is 5.86. The number of nitrogens with zero attached hydrogens (tertiary/aromatic N) is 7. The maximum atomic E-state index is 5.53. The zero-order chi connectivity index (χ0) is 20.5. The SMILES string of the molecule is C=Cc1nc2c(N3CCOCC3)nc(-n3cc(-c4ccccc4)cn3)nc2n1CC. The second-order valence-electron chi connectivity index (χ2n) is 7.08. The summed E-state index contributed by atoms with van der Waals surface area (Å²) in [4.78, 5) is 16.7. The van der Waals surface area contributed by atoms with Gasteiger partial charge in [0.05, 0.1) is 19.4 Å². The molecule has 0 saturated carbocycles. The minimum absolute atomic E-state index is 0.524. The molecular formula is C22H23N7O. The molecule has 0 spiro atoms. The lowest BCUT2D eigenvalue weighted by Crippen LogP contribution is -2.37. The van der Waals surface area contributed by atoms with Crippen molar-refractivity contribution in [1.29, 1.82) is 0 Å². The van der Waals surface area contributed by atoms with Crippen molar-refractivity contribution in [3.8, 4) is 17.1 Å². The number of fused-ring (bicyclic) bond motifs is 1. The molecule has 1 aromatic carbocycles. The number of hydrogen-bond acceptors (Lipinski definition) is 6. The van der Waals surface area contributed by atoms with Gasteiger partial charge >= 0.3 is 0 Å². The highest BCUT2D eigenvalue weighted by Gasteiger charge is 2.22. The number of rotatable bonds is 5. The first kappa shape index (κ1) is 18.5. The number of aromatic nitrogens is 6. The van der Waals surface area contributed by atoms with Crippen LogP contribution in [0, 0.1) is 0 Å². The normalized spacial score (nSPS) is 14.4. The van der Waals surface area contributed by atoms with Crippen molar-refractivity contribution < 1.29 is 4.74 Å². The predicted molar refractivity (Wildman–Crippen MR) is 117 cm³/mol. The molecule has 0 aliphatic carbocycles. The summed E-state index contributed by atoms with van der Waals surface area (Å²) in [6.07, 6.45) is 5.56. The lowest BCUT2D eigenvalue weighted by molar-refractivity contribution is 0.122. The number of anilines is 1. The van der Waals surface area contributed by atoms with Gasteiger partial charge in [-0.3, -0.25) is 0 Å². The van der Waals surface area contributed by atoms with Gasteiger partial charge in [0.2, 0.25) is 0 Å². The quantitative estimate of drug-likeness (QED) is 0.511. The Bertz CT molecular complexity index is 1190. The standard InChI is InChI=1S/C22H23N7O/c1-3-18-24-19-20(27-10-12-30-13-11-27)25-22(26-21(19)28(18)4-2)29-15-17(14-23-29)16-8-6-5-7-9-16/h3,5-9,14-15H,1,4,10-13H2,2H3. The van der Waals surface area contributed by atoms with Crippen LogP contribution in [0.5, 0.6) is 0 Å². The zero-order valence-electron chi connectivity index (χ0n) is 16.9. The van der Waals surface area contributed by atoms with E-state index >= 15 is 0 Å². The third-order valence-corrected chi connectivity index (χ3v) is 5.30. The largest absolute Gasteiger partial charge is 0.378 e. The van der Waals surface area contributed by atoms with E-state index in [1.54, 1.807) is 10.8 Å². The lowest BCUT2D eigenvalue weighted by atomic mass is 10.1. The van der Waals surface area contributed by atoms with E-state index in [9.17, 15) is 0 Å². The molecule has 1 fully saturated rings. The van der Waals surface area contributed by atoms with E-state index in [0.29, 0.717) is 19.2 Å². The molecule has 0 amide bonds. The molecule has 0 N–H and O–H groups in total. The van der Waals surface area contributed by atoms with Crippen LogP contribution < -0.4 is 4.90 Å². The molecule has 0 unspecified atom stereocenters. The first-order valence-electron chi connectivity index (χ1n) is 10.1. The average Bonchev–Trinajstić information content (AvgIpc) is 3.44. The van der Waals surface area contributed by atoms with Crippen LogP contribution in [-0.4, -0.2) is 55.6 Å². The fourth-order valence-electron chi connectivity index (χ4n) is 3.77. The molecule has 30 heavy (non-hydrogen) atoms. The highest BCUT2D eigenvalue weighted by Crippen LogP contribution is 2.27. The number of hydrogen-bond donors (Lipinski definition) is 0. The molecule has 3 aromatic heterocycles. The predicted octanol–water partition coefficient (Wildman–Crippen LogP) is 3.18. The molecule has 152 valence electrons. The van der Waals surface area contributed by atoms with Crippen molar-refractivity contribution in [2.24, 2.45) is 0 Å². The fraction of sp³-hybridized carbons (Fsp3) is 0.273. The number of ether oxygens (including phenoxy) is 1. The number of morpholine rings is 1. The molecule has 1 saturated heterocycles. The van der Waals surface area contributed by atoms with E-state index in [1.807, 2.05) is 30.6 Å². The summed E-state index contributed by atoms with van der Waals surface area (Å²) in [6, 6.07) is 10.2. The molecule has 0 radical (unpaired) electrons. The highest BCUT2D eigenvalue weighted by atomic mass is 16.5. The number of aryl methyl sites for hydroxylation is 1. The van der Waals surface area contributed by atoms with Crippen molar-refractivity contribution >= 4 is 23.1 Å². The molecule has 0 bridgehead atoms. The van der Waals surface area contributed by atoms with Crippen molar-refractivity contribution in [3.63, 3.8) is 0 Å². The second kappa shape index (κ2) is 7.72. The first-order chi connectivity index (χ1) is 14.8. The van der Waals surface area contributed by atoms with Gasteiger partial charge in [0.25, 0.3) is 5.95 Å². The minimum Gasteiger partial charge on any atom is -0.378 e. The monoisotopic (exact) mass is 401 g/mol. The molecule has 1 aliphatic rings. The van der Waals surface area contributed by atoms with Crippen molar-refractivity contribution in [2.75, 3.05) is 31.2 Å². The van der Waals surface area contributed by atoms with Crippen LogP contribution in [0.15, 0.2) is 49.3 Å². The van der Waals surface area contributed by atoms with Crippen LogP contribution in [0.2, 0.25) is 0 Å². The van der Waals surface area contributed by atoms with Gasteiger partial charge in [-0.15, -0.1) is 0 Å². The third kappa shape index (κ3) is 3.15. The van der Waals surface area contributed by atoms with Crippen LogP contribution in [0.1, 0.15) is 12.7 Å². The first-order valence-corrected chi connectivity index (χ1v) is 10.1. The molecule has 5 rings (SSSR count). The fourth-order valence-corrected chi connectivity index (χ4v) is 3.77. The Balaban J connectivity index is 1.67. The zero-order valence-corrected chi connectivity index (χ0v) is 16.9. The Morgan fingerprint density at radius 3 is 2.60 bits per heavy atom. The Hall–Kier alpha value is -3.52. The number of benzene rings is 1. The Kier molecular flexibility index (Phi) is 4.76. The Morgan fingerprint density at radius 2 is 1.87 bits per heavy atom. The topological polar surface area (TPSA) is 73.9 Å². The minimum atomic E-state index is 0.524. The maximum absolute atomic E-state index is 5.53. The molecular weight excluding hydrogens is 378 g/mol. The van der Waals surface area contributed by atoms with Crippen molar-refractivity contribution in [1.82, 2.24) is 29.3 Å². The summed E-state index contributed by atoms with van der Waals surface area (Å²) in [5.41, 5.74) is 3.69. The smallest absolute Gasteiger partial charge is 0.254 e. The van der Waals surface area contributed by atoms with Crippen LogP contribution in [0.4, 0.5) is 5.82 Å². The summed E-state index contributed by atoms with van der Waals surface area (Å²) < 4.78 is 9.31. The van der Waals surface area contributed by atoms with E-state index in [4.69, 9.17) is 19.7 Å². The van der Waals surface area contributed by atoms with Crippen LogP contribution >= 0.6 is 0 Å². The third-order valence-electron chi connectivity index (χ3n) is 5.30. The molecule has 4 heterocycles. The summed E-state index contributed by atoms with van der Waals surface area (Å²) in [7, 11) is 0. The van der Waals surface area contributed by atoms with Crippen LogP contribution in [-0.2, 0) is 11.3 Å². The van der Waals surface area contributed by atoms with Gasteiger partial charge in [0, 0.05) is 31.4 Å². The van der Waals surface area contributed by atoms with Crippen LogP contribution in [0.3, 0.4) is 0 Å². The molecule has 4 aromatic rings. The summed E-state index contributed by atoms with van der Waals surface area (Å²) in [5, 5.41) is 4.54. The summed E-state index contributed by atoms with van der Waals surface area (Å²) in [5.74, 6) is 2.13. The molecule has 1 aliphatic heterocycles. The van der Waals surface area contributed by atoms with E-state index in [0.717, 1.165) is 53.6 Å².